The normalized spacial score (nSPS) is 14.7. The highest BCUT2D eigenvalue weighted by Gasteiger charge is 2.28. The van der Waals surface area contributed by atoms with E-state index in [1.165, 1.54) is 11.8 Å². The lowest BCUT2D eigenvalue weighted by molar-refractivity contribution is -0.138. The molecule has 172 valence electrons. The summed E-state index contributed by atoms with van der Waals surface area (Å²) in [5.74, 6) is 1.63. The van der Waals surface area contributed by atoms with Crippen LogP contribution in [-0.4, -0.2) is 41.7 Å². The maximum absolute atomic E-state index is 13.2. The summed E-state index contributed by atoms with van der Waals surface area (Å²) in [7, 11) is 1.64. The summed E-state index contributed by atoms with van der Waals surface area (Å²) in [6.07, 6.45) is 4.30. The van der Waals surface area contributed by atoms with E-state index in [0.29, 0.717) is 17.3 Å². The largest absolute Gasteiger partial charge is 0.497 e. The SMILES string of the molecule is COc1ccc(CSCC(=O)N(Cc2ccccc2Cl)[C@@H](C)C(=O)NC2CCCC2)cc1. The lowest BCUT2D eigenvalue weighted by Crippen LogP contribution is -2.50. The first kappa shape index (κ1) is 24.5. The molecule has 1 aliphatic rings. The number of hydrogen-bond acceptors (Lipinski definition) is 4. The molecule has 32 heavy (non-hydrogen) atoms. The van der Waals surface area contributed by atoms with Crippen LogP contribution in [0.4, 0.5) is 0 Å². The minimum Gasteiger partial charge on any atom is -0.497 e. The van der Waals surface area contributed by atoms with Crippen LogP contribution in [0, 0.1) is 0 Å². The average Bonchev–Trinajstić information content (AvgIpc) is 3.31. The third-order valence-corrected chi connectivity index (χ3v) is 7.18. The Balaban J connectivity index is 1.64. The predicted octanol–water partition coefficient (Wildman–Crippen LogP) is 5.06. The standard InChI is InChI=1S/C25H31ClN2O3S/c1-18(25(30)27-21-8-4-5-9-21)28(15-20-7-3-6-10-23(20)26)24(29)17-32-16-19-11-13-22(31-2)14-12-19/h3,6-7,10-14,18,21H,4-5,8-9,15-17H2,1-2H3,(H,27,30)/t18-/m0/s1. The minimum atomic E-state index is -0.569. The molecule has 0 aliphatic heterocycles. The van der Waals surface area contributed by atoms with Crippen LogP contribution in [0.2, 0.25) is 5.02 Å². The zero-order chi connectivity index (χ0) is 22.9. The first-order valence-electron chi connectivity index (χ1n) is 11.0. The van der Waals surface area contributed by atoms with Gasteiger partial charge in [0.05, 0.1) is 12.9 Å². The number of nitrogens with zero attached hydrogens (tertiary/aromatic N) is 1. The van der Waals surface area contributed by atoms with Gasteiger partial charge in [-0.05, 0) is 49.1 Å². The Labute approximate surface area is 199 Å². The van der Waals surface area contributed by atoms with E-state index in [1.807, 2.05) is 42.5 Å². The topological polar surface area (TPSA) is 58.6 Å². The Morgan fingerprint density at radius 1 is 1.16 bits per heavy atom. The van der Waals surface area contributed by atoms with Gasteiger partial charge in [-0.2, -0.15) is 0 Å². The van der Waals surface area contributed by atoms with E-state index in [1.54, 1.807) is 25.0 Å². The van der Waals surface area contributed by atoms with Gasteiger partial charge in [0.15, 0.2) is 0 Å². The number of nitrogens with one attached hydrogen (secondary N) is 1. The van der Waals surface area contributed by atoms with Crippen molar-refractivity contribution in [1.29, 1.82) is 0 Å². The van der Waals surface area contributed by atoms with Crippen LogP contribution in [0.5, 0.6) is 5.75 Å². The monoisotopic (exact) mass is 474 g/mol. The summed E-state index contributed by atoms with van der Waals surface area (Å²) in [5.41, 5.74) is 1.96. The Hall–Kier alpha value is -2.18. The Morgan fingerprint density at radius 3 is 2.50 bits per heavy atom. The number of carbonyl (C=O) groups excluding carboxylic acids is 2. The number of hydrogen-bond donors (Lipinski definition) is 1. The zero-order valence-corrected chi connectivity index (χ0v) is 20.3. The number of amides is 2. The fraction of sp³-hybridized carbons (Fsp3) is 0.440. The van der Waals surface area contributed by atoms with E-state index >= 15 is 0 Å². The van der Waals surface area contributed by atoms with E-state index in [9.17, 15) is 9.59 Å². The van der Waals surface area contributed by atoms with Crippen molar-refractivity contribution in [2.24, 2.45) is 0 Å². The van der Waals surface area contributed by atoms with Gasteiger partial charge in [0.25, 0.3) is 0 Å². The van der Waals surface area contributed by atoms with Crippen LogP contribution < -0.4 is 10.1 Å². The van der Waals surface area contributed by atoms with E-state index in [0.717, 1.165) is 42.6 Å². The summed E-state index contributed by atoms with van der Waals surface area (Å²) >= 11 is 7.89. The van der Waals surface area contributed by atoms with Gasteiger partial charge in [-0.25, -0.2) is 0 Å². The summed E-state index contributed by atoms with van der Waals surface area (Å²) in [4.78, 5) is 27.8. The molecule has 2 amide bonds. The van der Waals surface area contributed by atoms with Crippen molar-refractivity contribution in [2.75, 3.05) is 12.9 Å². The van der Waals surface area contributed by atoms with Gasteiger partial charge in [0.1, 0.15) is 11.8 Å². The van der Waals surface area contributed by atoms with Crippen molar-refractivity contribution in [3.63, 3.8) is 0 Å². The molecule has 1 fully saturated rings. The molecule has 0 bridgehead atoms. The third kappa shape index (κ3) is 6.91. The summed E-state index contributed by atoms with van der Waals surface area (Å²) in [6, 6.07) is 14.9. The van der Waals surface area contributed by atoms with E-state index in [2.05, 4.69) is 5.32 Å². The van der Waals surface area contributed by atoms with Crippen molar-refractivity contribution in [1.82, 2.24) is 10.2 Å². The van der Waals surface area contributed by atoms with Gasteiger partial charge in [-0.3, -0.25) is 9.59 Å². The molecule has 0 spiro atoms. The number of halogens is 1. The number of rotatable bonds is 10. The summed E-state index contributed by atoms with van der Waals surface area (Å²) in [6.45, 7) is 2.11. The Morgan fingerprint density at radius 2 is 1.84 bits per heavy atom. The second kappa shape index (κ2) is 12.2. The van der Waals surface area contributed by atoms with Gasteiger partial charge in [0.2, 0.25) is 11.8 Å². The molecule has 2 aromatic carbocycles. The number of methoxy groups -OCH3 is 1. The van der Waals surface area contributed by atoms with Gasteiger partial charge >= 0.3 is 0 Å². The van der Waals surface area contributed by atoms with Crippen LogP contribution in [0.3, 0.4) is 0 Å². The molecule has 1 N–H and O–H groups in total. The molecule has 1 aliphatic carbocycles. The van der Waals surface area contributed by atoms with Crippen molar-refractivity contribution in [3.05, 3.63) is 64.7 Å². The average molecular weight is 475 g/mol. The minimum absolute atomic E-state index is 0.0718. The highest BCUT2D eigenvalue weighted by atomic mass is 35.5. The van der Waals surface area contributed by atoms with Crippen molar-refractivity contribution in [3.8, 4) is 5.75 Å². The molecule has 5 nitrogen and oxygen atoms in total. The molecule has 2 aromatic rings. The van der Waals surface area contributed by atoms with Crippen molar-refractivity contribution in [2.45, 2.75) is 57.0 Å². The second-order valence-corrected chi connectivity index (χ2v) is 9.51. The molecule has 0 unspecified atom stereocenters. The molecule has 0 saturated heterocycles. The van der Waals surface area contributed by atoms with Gasteiger partial charge in [-0.15, -0.1) is 11.8 Å². The molecule has 0 aromatic heterocycles. The molecule has 0 heterocycles. The maximum atomic E-state index is 13.2. The highest BCUT2D eigenvalue weighted by molar-refractivity contribution is 7.99. The fourth-order valence-corrected chi connectivity index (χ4v) is 4.91. The van der Waals surface area contributed by atoms with Crippen molar-refractivity contribution >= 4 is 35.2 Å². The van der Waals surface area contributed by atoms with Gasteiger partial charge in [0, 0.05) is 23.4 Å². The molecule has 0 radical (unpaired) electrons. The summed E-state index contributed by atoms with van der Waals surface area (Å²) < 4.78 is 5.19. The summed E-state index contributed by atoms with van der Waals surface area (Å²) in [5, 5.41) is 3.72. The third-order valence-electron chi connectivity index (χ3n) is 5.82. The van der Waals surface area contributed by atoms with Crippen LogP contribution in [0.25, 0.3) is 0 Å². The molecule has 7 heteroatoms. The second-order valence-electron chi connectivity index (χ2n) is 8.12. The first-order valence-corrected chi connectivity index (χ1v) is 12.5. The number of benzene rings is 2. The van der Waals surface area contributed by atoms with Gasteiger partial charge in [-0.1, -0.05) is 54.8 Å². The predicted molar refractivity (Wildman–Crippen MR) is 131 cm³/mol. The van der Waals surface area contributed by atoms with E-state index in [-0.39, 0.29) is 23.6 Å². The molecule has 3 rings (SSSR count). The van der Waals surface area contributed by atoms with Crippen LogP contribution in [0.1, 0.15) is 43.7 Å². The molecular weight excluding hydrogens is 444 g/mol. The maximum Gasteiger partial charge on any atom is 0.242 e. The quantitative estimate of drug-likeness (QED) is 0.523. The molecular formula is C25H31ClN2O3S. The van der Waals surface area contributed by atoms with Crippen LogP contribution >= 0.6 is 23.4 Å². The smallest absolute Gasteiger partial charge is 0.242 e. The van der Waals surface area contributed by atoms with E-state index in [4.69, 9.17) is 16.3 Å². The lowest BCUT2D eigenvalue weighted by Gasteiger charge is -2.30. The van der Waals surface area contributed by atoms with E-state index < -0.39 is 6.04 Å². The van der Waals surface area contributed by atoms with Crippen LogP contribution in [-0.2, 0) is 21.9 Å². The number of ether oxygens (including phenoxy) is 1. The van der Waals surface area contributed by atoms with Gasteiger partial charge < -0.3 is 15.0 Å². The van der Waals surface area contributed by atoms with Crippen molar-refractivity contribution < 1.29 is 14.3 Å². The number of thioether (sulfide) groups is 1. The Bertz CT molecular complexity index is 900. The Kier molecular flexibility index (Phi) is 9.30. The lowest BCUT2D eigenvalue weighted by atomic mass is 10.1. The molecule has 1 saturated carbocycles. The van der Waals surface area contributed by atoms with Crippen LogP contribution in [0.15, 0.2) is 48.5 Å². The highest BCUT2D eigenvalue weighted by Crippen LogP contribution is 2.22. The molecule has 1 atom stereocenters. The zero-order valence-electron chi connectivity index (χ0n) is 18.7. The fourth-order valence-electron chi connectivity index (χ4n) is 3.85. The first-order chi connectivity index (χ1) is 15.5. The number of carbonyl (C=O) groups is 2.